The summed E-state index contributed by atoms with van der Waals surface area (Å²) in [4.78, 5) is 15.3. The Kier molecular flexibility index (Phi) is 7.01. The van der Waals surface area contributed by atoms with E-state index >= 15 is 0 Å². The zero-order valence-electron chi connectivity index (χ0n) is 19.0. The molecule has 0 bridgehead atoms. The van der Waals surface area contributed by atoms with Gasteiger partial charge in [-0.15, -0.1) is 0 Å². The lowest BCUT2D eigenvalue weighted by Crippen LogP contribution is -2.40. The van der Waals surface area contributed by atoms with Crippen LogP contribution in [0.3, 0.4) is 0 Å². The van der Waals surface area contributed by atoms with E-state index in [1.807, 2.05) is 55.8 Å². The highest BCUT2D eigenvalue weighted by molar-refractivity contribution is 6.31. The van der Waals surface area contributed by atoms with E-state index in [9.17, 15) is 4.79 Å². The number of halogens is 1. The van der Waals surface area contributed by atoms with Crippen LogP contribution in [0, 0.1) is 20.8 Å². The van der Waals surface area contributed by atoms with E-state index in [1.165, 1.54) is 19.3 Å². The number of nitrogens with one attached hydrogen (secondary N) is 1. The van der Waals surface area contributed by atoms with Crippen molar-refractivity contribution in [2.24, 2.45) is 0 Å². The molecule has 7 heteroatoms. The van der Waals surface area contributed by atoms with Crippen LogP contribution in [0.25, 0.3) is 5.69 Å². The number of hydrogen-bond acceptors (Lipinski definition) is 4. The van der Waals surface area contributed by atoms with Gasteiger partial charge < -0.3 is 9.73 Å². The Bertz CT molecular complexity index is 1070. The molecular formula is C25H31ClN4O2. The monoisotopic (exact) mass is 454 g/mol. The molecule has 1 N–H and O–H groups in total. The second-order valence-corrected chi connectivity index (χ2v) is 9.01. The van der Waals surface area contributed by atoms with Gasteiger partial charge in [0.05, 0.1) is 30.1 Å². The Hall–Kier alpha value is -2.57. The van der Waals surface area contributed by atoms with Gasteiger partial charge in [0.1, 0.15) is 5.76 Å². The van der Waals surface area contributed by atoms with Gasteiger partial charge in [-0.05, 0) is 76.5 Å². The van der Waals surface area contributed by atoms with Crippen molar-refractivity contribution in [3.63, 3.8) is 0 Å². The molecule has 1 aromatic carbocycles. The summed E-state index contributed by atoms with van der Waals surface area (Å²) in [6.45, 7) is 8.52. The number of nitrogens with zero attached hydrogens (tertiary/aromatic N) is 3. The standard InChI is InChI=1S/C25H31ClN4O2/c1-17-9-10-20(14-22(17)26)30-19(3)21(18(2)28-30)15-25(31)27-16-23(24-8-7-13-32-24)29-11-5-4-6-12-29/h7-10,13-14,23H,4-6,11-12,15-16H2,1-3H3,(H,27,31). The van der Waals surface area contributed by atoms with Crippen LogP contribution in [-0.2, 0) is 11.2 Å². The van der Waals surface area contributed by atoms with Gasteiger partial charge in [0.2, 0.25) is 5.91 Å². The molecule has 4 rings (SSSR count). The van der Waals surface area contributed by atoms with Crippen molar-refractivity contribution >= 4 is 17.5 Å². The van der Waals surface area contributed by atoms with Crippen LogP contribution in [-0.4, -0.2) is 40.2 Å². The molecule has 170 valence electrons. The summed E-state index contributed by atoms with van der Waals surface area (Å²) in [6, 6.07) is 9.86. The second kappa shape index (κ2) is 9.92. The SMILES string of the molecule is Cc1ccc(-n2nc(C)c(CC(=O)NCC(c3ccco3)N3CCCCC3)c2C)cc1Cl. The fourth-order valence-corrected chi connectivity index (χ4v) is 4.62. The molecule has 1 unspecified atom stereocenters. The predicted molar refractivity (Wildman–Crippen MR) is 126 cm³/mol. The highest BCUT2D eigenvalue weighted by Gasteiger charge is 2.25. The van der Waals surface area contributed by atoms with Crippen molar-refractivity contribution in [1.29, 1.82) is 0 Å². The van der Waals surface area contributed by atoms with Gasteiger partial charge in [-0.1, -0.05) is 24.1 Å². The number of carbonyl (C=O) groups is 1. The maximum atomic E-state index is 12.9. The molecule has 0 aliphatic carbocycles. The normalized spacial score (nSPS) is 15.6. The molecule has 1 atom stereocenters. The Labute approximate surface area is 194 Å². The number of piperidine rings is 1. The number of amides is 1. The van der Waals surface area contributed by atoms with Crippen molar-refractivity contribution < 1.29 is 9.21 Å². The Morgan fingerprint density at radius 1 is 1.19 bits per heavy atom. The van der Waals surface area contributed by atoms with Crippen LogP contribution >= 0.6 is 11.6 Å². The molecule has 1 aliphatic heterocycles. The van der Waals surface area contributed by atoms with Gasteiger partial charge in [-0.25, -0.2) is 4.68 Å². The van der Waals surface area contributed by atoms with Crippen molar-refractivity contribution in [3.8, 4) is 5.69 Å². The summed E-state index contributed by atoms with van der Waals surface area (Å²) in [5.74, 6) is 0.898. The van der Waals surface area contributed by atoms with Gasteiger partial charge in [-0.2, -0.15) is 5.10 Å². The van der Waals surface area contributed by atoms with Crippen LogP contribution in [0.4, 0.5) is 0 Å². The molecule has 1 amide bonds. The Balaban J connectivity index is 1.45. The smallest absolute Gasteiger partial charge is 0.224 e. The van der Waals surface area contributed by atoms with E-state index in [4.69, 9.17) is 16.0 Å². The molecule has 1 saturated heterocycles. The highest BCUT2D eigenvalue weighted by Crippen LogP contribution is 2.25. The van der Waals surface area contributed by atoms with Crippen molar-refractivity contribution in [1.82, 2.24) is 20.0 Å². The lowest BCUT2D eigenvalue weighted by molar-refractivity contribution is -0.120. The van der Waals surface area contributed by atoms with E-state index in [-0.39, 0.29) is 11.9 Å². The van der Waals surface area contributed by atoms with Crippen LogP contribution in [0.5, 0.6) is 0 Å². The molecule has 0 radical (unpaired) electrons. The maximum absolute atomic E-state index is 12.9. The summed E-state index contributed by atoms with van der Waals surface area (Å²) < 4.78 is 7.55. The van der Waals surface area contributed by atoms with Crippen molar-refractivity contribution in [2.75, 3.05) is 19.6 Å². The number of carbonyl (C=O) groups excluding carboxylic acids is 1. The van der Waals surface area contributed by atoms with Crippen LogP contribution in [0.1, 0.15) is 53.6 Å². The third-order valence-electron chi connectivity index (χ3n) is 6.37. The fraction of sp³-hybridized carbons (Fsp3) is 0.440. The van der Waals surface area contributed by atoms with E-state index in [2.05, 4.69) is 15.3 Å². The molecule has 32 heavy (non-hydrogen) atoms. The minimum atomic E-state index is -0.00810. The molecular weight excluding hydrogens is 424 g/mol. The van der Waals surface area contributed by atoms with Crippen molar-refractivity contribution in [2.45, 2.75) is 52.5 Å². The molecule has 3 aromatic rings. The van der Waals surface area contributed by atoms with Crippen LogP contribution in [0.2, 0.25) is 5.02 Å². The lowest BCUT2D eigenvalue weighted by Gasteiger charge is -2.33. The topological polar surface area (TPSA) is 63.3 Å². The third kappa shape index (κ3) is 4.92. The molecule has 0 saturated carbocycles. The summed E-state index contributed by atoms with van der Waals surface area (Å²) in [6.07, 6.45) is 5.63. The number of rotatable bonds is 7. The Morgan fingerprint density at radius 2 is 1.97 bits per heavy atom. The van der Waals surface area contributed by atoms with Gasteiger partial charge in [0, 0.05) is 22.8 Å². The van der Waals surface area contributed by atoms with E-state index < -0.39 is 0 Å². The number of hydrogen-bond donors (Lipinski definition) is 1. The number of likely N-dealkylation sites (tertiary alicyclic amines) is 1. The first-order chi connectivity index (χ1) is 15.4. The second-order valence-electron chi connectivity index (χ2n) is 8.60. The first kappa shape index (κ1) is 22.6. The van der Waals surface area contributed by atoms with E-state index in [0.717, 1.165) is 47.1 Å². The fourth-order valence-electron chi connectivity index (χ4n) is 4.45. The van der Waals surface area contributed by atoms with Crippen LogP contribution < -0.4 is 5.32 Å². The lowest BCUT2D eigenvalue weighted by atomic mass is 10.1. The Morgan fingerprint density at radius 3 is 2.66 bits per heavy atom. The first-order valence-electron chi connectivity index (χ1n) is 11.3. The van der Waals surface area contributed by atoms with E-state index in [0.29, 0.717) is 18.0 Å². The summed E-state index contributed by atoms with van der Waals surface area (Å²) >= 11 is 6.31. The summed E-state index contributed by atoms with van der Waals surface area (Å²) in [5.41, 5.74) is 4.68. The average molecular weight is 455 g/mol. The van der Waals surface area contributed by atoms with E-state index in [1.54, 1.807) is 6.26 Å². The predicted octanol–water partition coefficient (Wildman–Crippen LogP) is 4.93. The molecule has 1 fully saturated rings. The summed E-state index contributed by atoms with van der Waals surface area (Å²) in [5, 5.41) is 8.51. The van der Waals surface area contributed by atoms with Gasteiger partial charge >= 0.3 is 0 Å². The summed E-state index contributed by atoms with van der Waals surface area (Å²) in [7, 11) is 0. The number of aromatic nitrogens is 2. The number of furan rings is 1. The van der Waals surface area contributed by atoms with Gasteiger partial charge in [0.25, 0.3) is 0 Å². The molecule has 6 nitrogen and oxygen atoms in total. The van der Waals surface area contributed by atoms with Gasteiger partial charge in [0.15, 0.2) is 0 Å². The third-order valence-corrected chi connectivity index (χ3v) is 6.78. The zero-order chi connectivity index (χ0) is 22.7. The molecule has 2 aromatic heterocycles. The van der Waals surface area contributed by atoms with Gasteiger partial charge in [-0.3, -0.25) is 9.69 Å². The number of aryl methyl sites for hydroxylation is 2. The minimum absolute atomic E-state index is 0.00810. The first-order valence-corrected chi connectivity index (χ1v) is 11.7. The van der Waals surface area contributed by atoms with Crippen molar-refractivity contribution in [3.05, 3.63) is 69.9 Å². The quantitative estimate of drug-likeness (QED) is 0.549. The minimum Gasteiger partial charge on any atom is -0.468 e. The average Bonchev–Trinajstić information content (AvgIpc) is 3.41. The van der Waals surface area contributed by atoms with Crippen LogP contribution in [0.15, 0.2) is 41.0 Å². The largest absolute Gasteiger partial charge is 0.468 e. The molecule has 1 aliphatic rings. The highest BCUT2D eigenvalue weighted by atomic mass is 35.5. The maximum Gasteiger partial charge on any atom is 0.224 e. The number of benzene rings is 1. The molecule has 0 spiro atoms. The molecule has 3 heterocycles. The zero-order valence-corrected chi connectivity index (χ0v) is 19.8.